The van der Waals surface area contributed by atoms with E-state index < -0.39 is 5.54 Å². The zero-order valence-electron chi connectivity index (χ0n) is 12.3. The van der Waals surface area contributed by atoms with Crippen LogP contribution in [0.25, 0.3) is 10.8 Å². The summed E-state index contributed by atoms with van der Waals surface area (Å²) in [5, 5.41) is 2.24. The highest BCUT2D eigenvalue weighted by Crippen LogP contribution is 2.37. The van der Waals surface area contributed by atoms with E-state index in [9.17, 15) is 0 Å². The number of pyridine rings is 2. The number of hydrogen-bond acceptors (Lipinski definition) is 5. The first-order valence-corrected chi connectivity index (χ1v) is 8.32. The predicted molar refractivity (Wildman–Crippen MR) is 88.1 cm³/mol. The van der Waals surface area contributed by atoms with E-state index in [1.54, 1.807) is 12.4 Å². The fraction of sp³-hybridized carbons (Fsp3) is 0.467. The van der Waals surface area contributed by atoms with Crippen molar-refractivity contribution in [2.75, 3.05) is 11.5 Å². The molecule has 1 fully saturated rings. The summed E-state index contributed by atoms with van der Waals surface area (Å²) in [6, 6.07) is 1.83. The van der Waals surface area contributed by atoms with Crippen molar-refractivity contribution in [3.8, 4) is 5.88 Å². The Hall–Kier alpha value is -1.04. The smallest absolute Gasteiger partial charge is 0.223 e. The summed E-state index contributed by atoms with van der Waals surface area (Å²) in [5.74, 6) is 2.55. The molecule has 0 spiro atoms. The minimum absolute atomic E-state index is 0.149. The molecule has 21 heavy (non-hydrogen) atoms. The van der Waals surface area contributed by atoms with Crippen LogP contribution in [0.1, 0.15) is 26.3 Å². The maximum atomic E-state index is 6.24. The van der Waals surface area contributed by atoms with Gasteiger partial charge in [0.2, 0.25) is 5.88 Å². The lowest BCUT2D eigenvalue weighted by Gasteiger charge is -2.37. The highest BCUT2D eigenvalue weighted by atomic mass is 35.5. The molecule has 0 aromatic carbocycles. The molecule has 2 aromatic heterocycles. The lowest BCUT2D eigenvalue weighted by Crippen LogP contribution is -2.46. The van der Waals surface area contributed by atoms with Crippen molar-refractivity contribution in [2.24, 2.45) is 5.73 Å². The second kappa shape index (κ2) is 5.00. The van der Waals surface area contributed by atoms with Gasteiger partial charge in [-0.05, 0) is 37.8 Å². The van der Waals surface area contributed by atoms with Crippen molar-refractivity contribution in [3.05, 3.63) is 29.2 Å². The topological polar surface area (TPSA) is 61.0 Å². The van der Waals surface area contributed by atoms with Gasteiger partial charge in [-0.15, -0.1) is 0 Å². The molecule has 1 aliphatic rings. The molecule has 4 nitrogen and oxygen atoms in total. The van der Waals surface area contributed by atoms with Crippen molar-refractivity contribution >= 4 is 34.1 Å². The molecule has 112 valence electrons. The Balaban J connectivity index is 2.15. The Morgan fingerprint density at radius 2 is 2.00 bits per heavy atom. The highest BCUT2D eigenvalue weighted by Gasteiger charge is 2.36. The maximum Gasteiger partial charge on any atom is 0.223 e. The molecule has 3 heterocycles. The monoisotopic (exact) mass is 323 g/mol. The van der Waals surface area contributed by atoms with E-state index in [1.807, 2.05) is 31.7 Å². The quantitative estimate of drug-likeness (QED) is 0.878. The number of hydrogen-bond donors (Lipinski definition) is 1. The average molecular weight is 324 g/mol. The molecule has 6 heteroatoms. The van der Waals surface area contributed by atoms with Crippen LogP contribution in [0.3, 0.4) is 0 Å². The fourth-order valence-corrected chi connectivity index (χ4v) is 3.42. The summed E-state index contributed by atoms with van der Waals surface area (Å²) >= 11 is 7.92. The summed E-state index contributed by atoms with van der Waals surface area (Å²) in [6.07, 6.45) is 3.49. The van der Waals surface area contributed by atoms with Gasteiger partial charge in [-0.1, -0.05) is 11.6 Å². The van der Waals surface area contributed by atoms with Crippen LogP contribution >= 0.6 is 23.4 Å². The predicted octanol–water partition coefficient (Wildman–Crippen LogP) is 3.36. The van der Waals surface area contributed by atoms with E-state index in [0.29, 0.717) is 11.0 Å². The van der Waals surface area contributed by atoms with E-state index in [-0.39, 0.29) is 5.60 Å². The van der Waals surface area contributed by atoms with E-state index in [0.717, 1.165) is 27.8 Å². The van der Waals surface area contributed by atoms with E-state index >= 15 is 0 Å². The van der Waals surface area contributed by atoms with Crippen molar-refractivity contribution < 1.29 is 4.74 Å². The zero-order chi connectivity index (χ0) is 15.3. The first-order chi connectivity index (χ1) is 9.78. The first-order valence-electron chi connectivity index (χ1n) is 6.79. The summed E-state index contributed by atoms with van der Waals surface area (Å²) < 4.78 is 6.10. The summed E-state index contributed by atoms with van der Waals surface area (Å²) in [7, 11) is 0. The molecule has 2 N–H and O–H groups in total. The Kier molecular flexibility index (Phi) is 3.55. The number of nitrogens with zero attached hydrogens (tertiary/aromatic N) is 2. The molecule has 0 amide bonds. The van der Waals surface area contributed by atoms with Gasteiger partial charge in [-0.2, -0.15) is 11.8 Å². The molecule has 0 atom stereocenters. The minimum atomic E-state index is -0.509. The van der Waals surface area contributed by atoms with Gasteiger partial charge in [0.15, 0.2) is 0 Å². The molecule has 0 aliphatic carbocycles. The van der Waals surface area contributed by atoms with Gasteiger partial charge in [0.25, 0.3) is 0 Å². The molecule has 1 saturated heterocycles. The number of ether oxygens (including phenoxy) is 1. The van der Waals surface area contributed by atoms with Gasteiger partial charge in [0, 0.05) is 29.4 Å². The molecule has 2 aromatic rings. The number of thioether (sulfide) groups is 1. The Bertz CT molecular complexity index is 695. The number of halogens is 1. The number of fused-ring (bicyclic) bond motifs is 1. The van der Waals surface area contributed by atoms with Crippen LogP contribution in [0.15, 0.2) is 18.5 Å². The third kappa shape index (κ3) is 2.82. The van der Waals surface area contributed by atoms with Gasteiger partial charge >= 0.3 is 0 Å². The van der Waals surface area contributed by atoms with Crippen LogP contribution < -0.4 is 10.5 Å². The fourth-order valence-electron chi connectivity index (χ4n) is 2.36. The summed E-state index contributed by atoms with van der Waals surface area (Å²) in [6.45, 7) is 5.99. The normalized spacial score (nSPS) is 17.6. The highest BCUT2D eigenvalue weighted by molar-refractivity contribution is 8.00. The zero-order valence-corrected chi connectivity index (χ0v) is 13.9. The van der Waals surface area contributed by atoms with Crippen molar-refractivity contribution in [2.45, 2.75) is 31.9 Å². The largest absolute Gasteiger partial charge is 0.469 e. The molecule has 0 radical (unpaired) electrons. The van der Waals surface area contributed by atoms with Crippen LogP contribution in [0.5, 0.6) is 5.88 Å². The van der Waals surface area contributed by atoms with Gasteiger partial charge in [-0.25, -0.2) is 9.97 Å². The summed E-state index contributed by atoms with van der Waals surface area (Å²) in [4.78, 5) is 8.64. The molecular weight excluding hydrogens is 306 g/mol. The first kappa shape index (κ1) is 14.9. The van der Waals surface area contributed by atoms with E-state index in [2.05, 4.69) is 16.9 Å². The van der Waals surface area contributed by atoms with Crippen molar-refractivity contribution in [1.29, 1.82) is 0 Å². The minimum Gasteiger partial charge on any atom is -0.469 e. The molecule has 3 rings (SSSR count). The van der Waals surface area contributed by atoms with Gasteiger partial charge in [-0.3, -0.25) is 0 Å². The maximum absolute atomic E-state index is 6.24. The standard InChI is InChI=1S/C15H18ClN3OS/c1-14(2,17)11-6-19-13(20-15(3)7-21-8-15)10-5-18-12(16)4-9(10)11/h4-6H,7-8,17H2,1-3H3. The van der Waals surface area contributed by atoms with Gasteiger partial charge < -0.3 is 10.5 Å². The second-order valence-electron chi connectivity index (χ2n) is 6.30. The average Bonchev–Trinajstić information content (AvgIpc) is 2.35. The Morgan fingerprint density at radius 3 is 2.57 bits per heavy atom. The SMILES string of the molecule is CC1(Oc2ncc(C(C)(C)N)c3cc(Cl)ncc23)CSC1. The van der Waals surface area contributed by atoms with Crippen molar-refractivity contribution in [1.82, 2.24) is 9.97 Å². The molecule has 0 saturated carbocycles. The third-order valence-corrected chi connectivity index (χ3v) is 5.39. The van der Waals surface area contributed by atoms with Gasteiger partial charge in [0.1, 0.15) is 10.8 Å². The van der Waals surface area contributed by atoms with Gasteiger partial charge in [0.05, 0.1) is 5.39 Å². The second-order valence-corrected chi connectivity index (χ2v) is 7.67. The van der Waals surface area contributed by atoms with Crippen LogP contribution in [0, 0.1) is 0 Å². The third-order valence-electron chi connectivity index (χ3n) is 3.55. The Morgan fingerprint density at radius 1 is 1.29 bits per heavy atom. The van der Waals surface area contributed by atoms with E-state index in [1.165, 1.54) is 0 Å². The number of rotatable bonds is 3. The van der Waals surface area contributed by atoms with Crippen LogP contribution in [-0.4, -0.2) is 27.1 Å². The van der Waals surface area contributed by atoms with Crippen LogP contribution in [0.2, 0.25) is 5.15 Å². The van der Waals surface area contributed by atoms with Crippen molar-refractivity contribution in [3.63, 3.8) is 0 Å². The lowest BCUT2D eigenvalue weighted by molar-refractivity contribution is 0.124. The lowest BCUT2D eigenvalue weighted by atomic mass is 9.93. The number of aromatic nitrogens is 2. The van der Waals surface area contributed by atoms with Crippen LogP contribution in [0.4, 0.5) is 0 Å². The molecule has 1 aliphatic heterocycles. The molecular formula is C15H18ClN3OS. The summed E-state index contributed by atoms with van der Waals surface area (Å²) in [5.41, 5.74) is 6.51. The van der Waals surface area contributed by atoms with Crippen LogP contribution in [-0.2, 0) is 5.54 Å². The number of nitrogens with two attached hydrogens (primary N) is 1. The van der Waals surface area contributed by atoms with E-state index in [4.69, 9.17) is 22.1 Å². The molecule has 0 bridgehead atoms. The Labute approximate surface area is 133 Å². The molecule has 0 unspecified atom stereocenters.